The van der Waals surface area contributed by atoms with E-state index in [1.54, 1.807) is 0 Å². The Bertz CT molecular complexity index is 253. The molecule has 0 bridgehead atoms. The summed E-state index contributed by atoms with van der Waals surface area (Å²) in [5.41, 5.74) is 2.94. The number of hydrogen-bond acceptors (Lipinski definition) is 2. The lowest BCUT2D eigenvalue weighted by Crippen LogP contribution is -2.48. The van der Waals surface area contributed by atoms with Crippen molar-refractivity contribution in [3.05, 3.63) is 0 Å². The van der Waals surface area contributed by atoms with E-state index in [0.29, 0.717) is 24.7 Å². The summed E-state index contributed by atoms with van der Waals surface area (Å²) in [6.07, 6.45) is 6.23. The smallest absolute Gasteiger partial charge is 0.248 e. The fourth-order valence-corrected chi connectivity index (χ4v) is 3.72. The summed E-state index contributed by atoms with van der Waals surface area (Å²) in [5, 5.41) is 0. The van der Waals surface area contributed by atoms with Crippen LogP contribution in [-0.2, 0) is 0 Å². The predicted octanol–water partition coefficient (Wildman–Crippen LogP) is 3.47. The monoisotopic (exact) mass is 260 g/mol. The highest BCUT2D eigenvalue weighted by Gasteiger charge is 2.39. The molecule has 1 unspecified atom stereocenters. The van der Waals surface area contributed by atoms with Crippen molar-refractivity contribution >= 4 is 0 Å². The summed E-state index contributed by atoms with van der Waals surface area (Å²) in [5.74, 6) is 5.01. The number of halogens is 2. The number of rotatable bonds is 3. The normalized spacial score (nSPS) is 35.3. The molecule has 2 saturated carbocycles. The molecule has 4 heteroatoms. The Kier molecular flexibility index (Phi) is 4.59. The van der Waals surface area contributed by atoms with Gasteiger partial charge in [0, 0.05) is 18.9 Å². The summed E-state index contributed by atoms with van der Waals surface area (Å²) in [6, 6.07) is 0.244. The Morgan fingerprint density at radius 2 is 1.50 bits per heavy atom. The molecular formula is C14H26F2N2. The first kappa shape index (κ1) is 14.2. The van der Waals surface area contributed by atoms with Crippen LogP contribution in [0.2, 0.25) is 0 Å². The van der Waals surface area contributed by atoms with Crippen molar-refractivity contribution in [1.29, 1.82) is 0 Å². The van der Waals surface area contributed by atoms with E-state index in [2.05, 4.69) is 12.3 Å². The topological polar surface area (TPSA) is 38.0 Å². The molecule has 0 aromatic rings. The third-order valence-electron chi connectivity index (χ3n) is 5.03. The molecule has 2 fully saturated rings. The molecule has 0 amide bonds. The van der Waals surface area contributed by atoms with Gasteiger partial charge in [-0.2, -0.15) is 0 Å². The molecule has 0 aromatic carbocycles. The van der Waals surface area contributed by atoms with Gasteiger partial charge in [-0.1, -0.05) is 19.8 Å². The van der Waals surface area contributed by atoms with Crippen molar-refractivity contribution in [2.24, 2.45) is 23.6 Å². The maximum absolute atomic E-state index is 13.2. The van der Waals surface area contributed by atoms with Gasteiger partial charge in [0.1, 0.15) is 0 Å². The zero-order valence-corrected chi connectivity index (χ0v) is 11.3. The van der Waals surface area contributed by atoms with Crippen LogP contribution in [0, 0.1) is 17.8 Å². The van der Waals surface area contributed by atoms with E-state index in [0.717, 1.165) is 5.92 Å². The zero-order valence-electron chi connectivity index (χ0n) is 11.3. The molecule has 0 radical (unpaired) electrons. The highest BCUT2D eigenvalue weighted by atomic mass is 19.3. The molecule has 106 valence electrons. The van der Waals surface area contributed by atoms with Crippen LogP contribution in [0.25, 0.3) is 0 Å². The lowest BCUT2D eigenvalue weighted by Gasteiger charge is -2.39. The van der Waals surface area contributed by atoms with Gasteiger partial charge in [0.15, 0.2) is 0 Å². The summed E-state index contributed by atoms with van der Waals surface area (Å²) in [4.78, 5) is 0. The highest BCUT2D eigenvalue weighted by molar-refractivity contribution is 4.89. The third kappa shape index (κ3) is 3.41. The average Bonchev–Trinajstić information content (AvgIpc) is 2.34. The number of nitrogens with two attached hydrogens (primary N) is 1. The van der Waals surface area contributed by atoms with Crippen molar-refractivity contribution < 1.29 is 8.78 Å². The molecule has 2 rings (SSSR count). The number of nitrogens with one attached hydrogen (secondary N) is 1. The fraction of sp³-hybridized carbons (Fsp3) is 1.00. The predicted molar refractivity (Wildman–Crippen MR) is 69.1 cm³/mol. The Hall–Kier alpha value is -0.220. The van der Waals surface area contributed by atoms with Crippen LogP contribution in [0.5, 0.6) is 0 Å². The van der Waals surface area contributed by atoms with Gasteiger partial charge in [-0.25, -0.2) is 8.78 Å². The Morgan fingerprint density at radius 3 is 2.00 bits per heavy atom. The first-order valence-corrected chi connectivity index (χ1v) is 7.36. The van der Waals surface area contributed by atoms with Crippen molar-refractivity contribution in [1.82, 2.24) is 5.43 Å². The maximum Gasteiger partial charge on any atom is 0.248 e. The Morgan fingerprint density at radius 1 is 1.00 bits per heavy atom. The van der Waals surface area contributed by atoms with Gasteiger partial charge in [0.25, 0.3) is 0 Å². The minimum atomic E-state index is -2.43. The zero-order chi connectivity index (χ0) is 13.2. The van der Waals surface area contributed by atoms with Gasteiger partial charge >= 0.3 is 0 Å². The minimum Gasteiger partial charge on any atom is -0.271 e. The second-order valence-electron chi connectivity index (χ2n) is 6.41. The van der Waals surface area contributed by atoms with E-state index < -0.39 is 5.92 Å². The first-order chi connectivity index (χ1) is 8.52. The Balaban J connectivity index is 1.89. The van der Waals surface area contributed by atoms with Gasteiger partial charge in [-0.15, -0.1) is 0 Å². The SMILES string of the molecule is CC1CCC(C(NN)C2CCC(F)(F)CC2)CC1. The first-order valence-electron chi connectivity index (χ1n) is 7.36. The van der Waals surface area contributed by atoms with Crippen LogP contribution in [0.4, 0.5) is 8.78 Å². The van der Waals surface area contributed by atoms with Gasteiger partial charge in [-0.05, 0) is 43.4 Å². The van der Waals surface area contributed by atoms with E-state index in [4.69, 9.17) is 5.84 Å². The van der Waals surface area contributed by atoms with Crippen molar-refractivity contribution in [2.75, 3.05) is 0 Å². The number of alkyl halides is 2. The van der Waals surface area contributed by atoms with E-state index in [1.165, 1.54) is 25.7 Å². The molecule has 0 aliphatic heterocycles. The van der Waals surface area contributed by atoms with E-state index in [9.17, 15) is 8.78 Å². The average molecular weight is 260 g/mol. The third-order valence-corrected chi connectivity index (χ3v) is 5.03. The van der Waals surface area contributed by atoms with Crippen molar-refractivity contribution in [2.45, 2.75) is 70.3 Å². The van der Waals surface area contributed by atoms with Gasteiger partial charge in [-0.3, -0.25) is 11.3 Å². The molecular weight excluding hydrogens is 234 g/mol. The lowest BCUT2D eigenvalue weighted by atomic mass is 9.72. The van der Waals surface area contributed by atoms with Crippen LogP contribution in [0.15, 0.2) is 0 Å². The van der Waals surface area contributed by atoms with Gasteiger partial charge in [0.2, 0.25) is 5.92 Å². The summed E-state index contributed by atoms with van der Waals surface area (Å²) in [6.45, 7) is 2.29. The number of hydrazine groups is 1. The summed E-state index contributed by atoms with van der Waals surface area (Å²) >= 11 is 0. The molecule has 0 aromatic heterocycles. The molecule has 2 aliphatic carbocycles. The molecule has 0 spiro atoms. The van der Waals surface area contributed by atoms with Crippen LogP contribution in [-0.4, -0.2) is 12.0 Å². The molecule has 1 atom stereocenters. The summed E-state index contributed by atoms with van der Waals surface area (Å²) < 4.78 is 26.4. The van der Waals surface area contributed by atoms with Crippen molar-refractivity contribution in [3.63, 3.8) is 0 Å². The quantitative estimate of drug-likeness (QED) is 0.602. The molecule has 3 N–H and O–H groups in total. The molecule has 2 nitrogen and oxygen atoms in total. The van der Waals surface area contributed by atoms with Gasteiger partial charge < -0.3 is 0 Å². The molecule has 0 saturated heterocycles. The highest BCUT2D eigenvalue weighted by Crippen LogP contribution is 2.41. The maximum atomic E-state index is 13.2. The van der Waals surface area contributed by atoms with Crippen molar-refractivity contribution in [3.8, 4) is 0 Å². The molecule has 18 heavy (non-hydrogen) atoms. The molecule has 0 heterocycles. The lowest BCUT2D eigenvalue weighted by molar-refractivity contribution is -0.0531. The van der Waals surface area contributed by atoms with Gasteiger partial charge in [0.05, 0.1) is 0 Å². The molecule has 2 aliphatic rings. The van der Waals surface area contributed by atoms with E-state index >= 15 is 0 Å². The standard InChI is InChI=1S/C14H26F2N2/c1-10-2-4-11(5-3-10)13(18-17)12-6-8-14(15,16)9-7-12/h10-13,18H,2-9,17H2,1H3. The second kappa shape index (κ2) is 5.83. The Labute approximate surface area is 109 Å². The largest absolute Gasteiger partial charge is 0.271 e. The van der Waals surface area contributed by atoms with E-state index in [1.807, 2.05) is 0 Å². The number of hydrogen-bond donors (Lipinski definition) is 2. The van der Waals surface area contributed by atoms with Crippen LogP contribution in [0.1, 0.15) is 58.3 Å². The van der Waals surface area contributed by atoms with Crippen LogP contribution < -0.4 is 11.3 Å². The van der Waals surface area contributed by atoms with Crippen LogP contribution in [0.3, 0.4) is 0 Å². The van der Waals surface area contributed by atoms with E-state index in [-0.39, 0.29) is 18.9 Å². The minimum absolute atomic E-state index is 0.0406. The fourth-order valence-electron chi connectivity index (χ4n) is 3.72. The van der Waals surface area contributed by atoms with Crippen LogP contribution >= 0.6 is 0 Å². The summed E-state index contributed by atoms with van der Waals surface area (Å²) in [7, 11) is 0. The second-order valence-corrected chi connectivity index (χ2v) is 6.41.